The zero-order valence-electron chi connectivity index (χ0n) is 10.6. The first-order valence-corrected chi connectivity index (χ1v) is 6.24. The highest BCUT2D eigenvalue weighted by molar-refractivity contribution is 5.96. The number of nitrogens with zero attached hydrogens (tertiary/aromatic N) is 1. The van der Waals surface area contributed by atoms with Crippen LogP contribution < -0.4 is 0 Å². The minimum absolute atomic E-state index is 0.197. The highest BCUT2D eigenvalue weighted by atomic mass is 19.2. The lowest BCUT2D eigenvalue weighted by Gasteiger charge is -2.20. The molecule has 0 spiro atoms. The van der Waals surface area contributed by atoms with Crippen molar-refractivity contribution in [3.8, 4) is 0 Å². The van der Waals surface area contributed by atoms with Gasteiger partial charge in [0.1, 0.15) is 0 Å². The highest BCUT2D eigenvalue weighted by Crippen LogP contribution is 2.31. The smallest absolute Gasteiger partial charge is 0.251 e. The Morgan fingerprint density at radius 3 is 2.53 bits per heavy atom. The van der Waals surface area contributed by atoms with E-state index in [1.165, 1.54) is 6.92 Å². The van der Waals surface area contributed by atoms with Gasteiger partial charge in [0.2, 0.25) is 5.90 Å². The summed E-state index contributed by atoms with van der Waals surface area (Å²) < 4.78 is 19.9. The van der Waals surface area contributed by atoms with E-state index in [1.54, 1.807) is 0 Å². The largest absolute Gasteiger partial charge is 0.440 e. The number of para-hydroxylation sites is 1. The van der Waals surface area contributed by atoms with Gasteiger partial charge in [0, 0.05) is 18.9 Å². The summed E-state index contributed by atoms with van der Waals surface area (Å²) in [6.07, 6.45) is 0.197. The predicted molar refractivity (Wildman–Crippen MR) is 73.4 cm³/mol. The van der Waals surface area contributed by atoms with Gasteiger partial charge in [-0.15, -0.1) is 0 Å². The molecule has 0 radical (unpaired) electrons. The van der Waals surface area contributed by atoms with Crippen molar-refractivity contribution in [3.63, 3.8) is 0 Å². The van der Waals surface area contributed by atoms with Crippen LogP contribution in [0.2, 0.25) is 0 Å². The Kier molecular flexibility index (Phi) is 2.82. The summed E-state index contributed by atoms with van der Waals surface area (Å²) in [6, 6.07) is 16.9. The summed E-state index contributed by atoms with van der Waals surface area (Å²) in [4.78, 5) is 4.46. The van der Waals surface area contributed by atoms with Gasteiger partial charge in [0.25, 0.3) is 5.85 Å². The van der Waals surface area contributed by atoms with Crippen molar-refractivity contribution in [1.29, 1.82) is 0 Å². The second kappa shape index (κ2) is 4.50. The van der Waals surface area contributed by atoms with Gasteiger partial charge in [-0.05, 0) is 23.8 Å². The van der Waals surface area contributed by atoms with Crippen molar-refractivity contribution in [3.05, 3.63) is 65.7 Å². The molecule has 2 nitrogen and oxygen atoms in total. The van der Waals surface area contributed by atoms with E-state index in [4.69, 9.17) is 4.74 Å². The maximum atomic E-state index is 14.4. The molecule has 1 aliphatic rings. The number of benzene rings is 2. The van der Waals surface area contributed by atoms with Crippen LogP contribution in [0.1, 0.15) is 18.1 Å². The molecule has 0 saturated heterocycles. The Hall–Kier alpha value is -2.16. The van der Waals surface area contributed by atoms with Crippen molar-refractivity contribution >= 4 is 11.6 Å². The summed E-state index contributed by atoms with van der Waals surface area (Å²) >= 11 is 0. The topological polar surface area (TPSA) is 21.6 Å². The van der Waals surface area contributed by atoms with Crippen LogP contribution in [-0.2, 0) is 11.2 Å². The molecule has 3 heteroatoms. The summed E-state index contributed by atoms with van der Waals surface area (Å²) in [5.74, 6) is -1.42. The van der Waals surface area contributed by atoms with Crippen LogP contribution >= 0.6 is 0 Å². The number of alkyl halides is 1. The molecule has 0 unspecified atom stereocenters. The van der Waals surface area contributed by atoms with E-state index in [9.17, 15) is 4.39 Å². The molecule has 0 fully saturated rings. The lowest BCUT2D eigenvalue weighted by molar-refractivity contribution is -0.0528. The second-order valence-electron chi connectivity index (χ2n) is 4.79. The van der Waals surface area contributed by atoms with Crippen LogP contribution in [0.4, 0.5) is 10.1 Å². The maximum Gasteiger partial charge on any atom is 0.251 e. The van der Waals surface area contributed by atoms with E-state index in [2.05, 4.69) is 4.99 Å². The van der Waals surface area contributed by atoms with Crippen LogP contribution in [0.3, 0.4) is 0 Å². The van der Waals surface area contributed by atoms with Gasteiger partial charge in [0.05, 0.1) is 5.69 Å². The van der Waals surface area contributed by atoms with E-state index in [0.717, 1.165) is 16.8 Å². The molecule has 0 aliphatic carbocycles. The van der Waals surface area contributed by atoms with Gasteiger partial charge in [-0.25, -0.2) is 4.99 Å². The molecule has 1 heterocycles. The van der Waals surface area contributed by atoms with Crippen LogP contribution in [0.5, 0.6) is 0 Å². The van der Waals surface area contributed by atoms with Crippen molar-refractivity contribution in [2.24, 2.45) is 4.99 Å². The number of fused-ring (bicyclic) bond motifs is 1. The fraction of sp³-hybridized carbons (Fsp3) is 0.188. The first-order chi connectivity index (χ1) is 9.14. The van der Waals surface area contributed by atoms with Gasteiger partial charge in [-0.2, -0.15) is 4.39 Å². The highest BCUT2D eigenvalue weighted by Gasteiger charge is 2.31. The monoisotopic (exact) mass is 256 g/mol. The van der Waals surface area contributed by atoms with E-state index in [0.29, 0.717) is 5.90 Å². The molecule has 0 saturated carbocycles. The Morgan fingerprint density at radius 1 is 1.05 bits per heavy atom. The lowest BCUT2D eigenvalue weighted by atomic mass is 10.2. The second-order valence-corrected chi connectivity index (χ2v) is 4.79. The van der Waals surface area contributed by atoms with E-state index < -0.39 is 5.85 Å². The summed E-state index contributed by atoms with van der Waals surface area (Å²) in [7, 11) is 0. The fourth-order valence-corrected chi connectivity index (χ4v) is 2.18. The zero-order valence-corrected chi connectivity index (χ0v) is 10.6. The third-order valence-corrected chi connectivity index (χ3v) is 3.05. The molecular formula is C16H14FNO. The summed E-state index contributed by atoms with van der Waals surface area (Å²) in [6.45, 7) is 1.44. The van der Waals surface area contributed by atoms with Crippen LogP contribution in [0.15, 0.2) is 59.6 Å². The molecule has 0 bridgehead atoms. The molecule has 0 aromatic heterocycles. The summed E-state index contributed by atoms with van der Waals surface area (Å²) in [5, 5.41) is 0. The number of aliphatic imine (C=N–C) groups is 1. The van der Waals surface area contributed by atoms with Crippen LogP contribution in [0.25, 0.3) is 0 Å². The first-order valence-electron chi connectivity index (χ1n) is 6.24. The minimum atomic E-state index is -1.75. The zero-order chi connectivity index (χ0) is 13.3. The SMILES string of the molecule is C[C@]1(F)[13CH2]c2ccccc2N=C(c2ccccc2)O1. The average molecular weight is 256 g/mol. The van der Waals surface area contributed by atoms with Gasteiger partial charge in [0.15, 0.2) is 0 Å². The van der Waals surface area contributed by atoms with Crippen molar-refractivity contribution in [1.82, 2.24) is 0 Å². The molecule has 19 heavy (non-hydrogen) atoms. The molecule has 1 atom stereocenters. The Labute approximate surface area is 111 Å². The first kappa shape index (κ1) is 11.9. The molecule has 0 N–H and O–H groups in total. The normalized spacial score (nSPS) is 21.9. The van der Waals surface area contributed by atoms with Gasteiger partial charge in [-0.1, -0.05) is 36.4 Å². The van der Waals surface area contributed by atoms with Crippen LogP contribution in [-0.4, -0.2) is 11.8 Å². The van der Waals surface area contributed by atoms with Crippen molar-refractivity contribution in [2.45, 2.75) is 19.2 Å². The number of rotatable bonds is 1. The number of hydrogen-bond acceptors (Lipinski definition) is 2. The van der Waals surface area contributed by atoms with Crippen molar-refractivity contribution in [2.75, 3.05) is 0 Å². The van der Waals surface area contributed by atoms with E-state index in [-0.39, 0.29) is 6.42 Å². The number of ether oxygens (including phenoxy) is 1. The van der Waals surface area contributed by atoms with Gasteiger partial charge >= 0.3 is 0 Å². The summed E-state index contributed by atoms with van der Waals surface area (Å²) in [5.41, 5.74) is 2.41. The fourth-order valence-electron chi connectivity index (χ4n) is 2.18. The maximum absolute atomic E-state index is 14.4. The van der Waals surface area contributed by atoms with E-state index >= 15 is 0 Å². The molecule has 1 aliphatic heterocycles. The molecule has 2 aromatic carbocycles. The van der Waals surface area contributed by atoms with Gasteiger partial charge < -0.3 is 4.74 Å². The molecule has 0 amide bonds. The standard InChI is InChI=1S/C16H14FNO/c1-16(17)11-13-9-5-6-10-14(13)18-15(19-16)12-7-3-2-4-8-12/h2-10H,11H2,1H3/t16-/m1/s1/i11+1. The molecule has 3 rings (SSSR count). The van der Waals surface area contributed by atoms with Crippen LogP contribution in [0, 0.1) is 0 Å². The molecule has 2 aromatic rings. The number of halogens is 1. The Morgan fingerprint density at radius 2 is 1.74 bits per heavy atom. The third-order valence-electron chi connectivity index (χ3n) is 3.05. The average Bonchev–Trinajstić information content (AvgIpc) is 2.54. The molecule has 96 valence electrons. The molecular weight excluding hydrogens is 242 g/mol. The Balaban J connectivity index is 2.12. The third kappa shape index (κ3) is 2.50. The lowest BCUT2D eigenvalue weighted by Crippen LogP contribution is -2.28. The Bertz CT molecular complexity index is 620. The van der Waals surface area contributed by atoms with E-state index in [1.807, 2.05) is 54.6 Å². The van der Waals surface area contributed by atoms with Gasteiger partial charge in [-0.3, -0.25) is 0 Å². The predicted octanol–water partition coefficient (Wildman–Crippen LogP) is 4.02. The minimum Gasteiger partial charge on any atom is -0.440 e. The van der Waals surface area contributed by atoms with Crippen molar-refractivity contribution < 1.29 is 9.13 Å². The number of hydrogen-bond donors (Lipinski definition) is 0. The quantitative estimate of drug-likeness (QED) is 0.706.